The zero-order valence-corrected chi connectivity index (χ0v) is 16.3. The zero-order chi connectivity index (χ0) is 15.2. The van der Waals surface area contributed by atoms with Gasteiger partial charge in [0.15, 0.2) is 0 Å². The van der Waals surface area contributed by atoms with Crippen molar-refractivity contribution in [2.75, 3.05) is 13.1 Å². The lowest BCUT2D eigenvalue weighted by molar-refractivity contribution is 0.470. The molecular formula is C17H30BrNSi. The van der Waals surface area contributed by atoms with Gasteiger partial charge in [0.2, 0.25) is 0 Å². The second-order valence-corrected chi connectivity index (χ2v) is 14.0. The Bertz CT molecular complexity index is 381. The molecule has 0 saturated carbocycles. The number of rotatable bonds is 8. The average molecular weight is 356 g/mol. The van der Waals surface area contributed by atoms with Crippen LogP contribution in [0.5, 0.6) is 0 Å². The minimum atomic E-state index is -1.01. The third-order valence-corrected chi connectivity index (χ3v) is 5.66. The monoisotopic (exact) mass is 355 g/mol. The molecule has 1 aromatic carbocycles. The van der Waals surface area contributed by atoms with Crippen LogP contribution in [0.2, 0.25) is 25.7 Å². The van der Waals surface area contributed by atoms with Crippen molar-refractivity contribution < 1.29 is 0 Å². The van der Waals surface area contributed by atoms with E-state index in [9.17, 15) is 0 Å². The van der Waals surface area contributed by atoms with Gasteiger partial charge in [0.05, 0.1) is 0 Å². The summed E-state index contributed by atoms with van der Waals surface area (Å²) in [5.74, 6) is 1.50. The van der Waals surface area contributed by atoms with Crippen LogP contribution in [0.1, 0.15) is 19.4 Å². The molecule has 0 aliphatic heterocycles. The molecule has 0 bridgehead atoms. The quantitative estimate of drug-likeness (QED) is 0.632. The number of benzene rings is 1. The van der Waals surface area contributed by atoms with E-state index in [1.54, 1.807) is 0 Å². The minimum absolute atomic E-state index is 0.732. The molecule has 0 amide bonds. The molecule has 0 saturated heterocycles. The van der Waals surface area contributed by atoms with Gasteiger partial charge in [-0.2, -0.15) is 0 Å². The maximum Gasteiger partial charge on any atom is 0.0446 e. The lowest BCUT2D eigenvalue weighted by Gasteiger charge is -2.25. The summed E-state index contributed by atoms with van der Waals surface area (Å²) in [7, 11) is -1.01. The Labute approximate surface area is 134 Å². The van der Waals surface area contributed by atoms with Crippen molar-refractivity contribution in [3.05, 3.63) is 34.3 Å². The van der Waals surface area contributed by atoms with Crippen molar-refractivity contribution >= 4 is 24.0 Å². The molecule has 1 atom stereocenters. The second-order valence-electron chi connectivity index (χ2n) is 7.51. The summed E-state index contributed by atoms with van der Waals surface area (Å²) >= 11 is 3.51. The highest BCUT2D eigenvalue weighted by Crippen LogP contribution is 2.21. The van der Waals surface area contributed by atoms with Crippen LogP contribution in [0.3, 0.4) is 0 Å². The van der Waals surface area contributed by atoms with E-state index in [0.717, 1.165) is 24.9 Å². The van der Waals surface area contributed by atoms with E-state index in [-0.39, 0.29) is 0 Å². The van der Waals surface area contributed by atoms with Gasteiger partial charge in [-0.25, -0.2) is 0 Å². The van der Waals surface area contributed by atoms with E-state index in [1.165, 1.54) is 22.5 Å². The summed E-state index contributed by atoms with van der Waals surface area (Å²) in [6, 6.07) is 10.2. The minimum Gasteiger partial charge on any atom is -0.316 e. The molecule has 20 heavy (non-hydrogen) atoms. The van der Waals surface area contributed by atoms with Crippen molar-refractivity contribution in [1.82, 2.24) is 5.32 Å². The van der Waals surface area contributed by atoms with E-state index >= 15 is 0 Å². The van der Waals surface area contributed by atoms with Gasteiger partial charge in [-0.1, -0.05) is 67.6 Å². The van der Waals surface area contributed by atoms with Gasteiger partial charge in [-0.05, 0) is 49.0 Å². The highest BCUT2D eigenvalue weighted by Gasteiger charge is 2.20. The van der Waals surface area contributed by atoms with Crippen molar-refractivity contribution in [2.45, 2.75) is 46.0 Å². The zero-order valence-electron chi connectivity index (χ0n) is 13.7. The van der Waals surface area contributed by atoms with Gasteiger partial charge in [0, 0.05) is 12.5 Å². The van der Waals surface area contributed by atoms with Crippen LogP contribution in [0.25, 0.3) is 0 Å². The Kier molecular flexibility index (Phi) is 7.49. The molecular weight excluding hydrogens is 326 g/mol. The molecule has 1 unspecified atom stereocenters. The standard InChI is InChI=1S/C17H30BrNSi/c1-14(2)11-19-12-16(13-20(3,4)5)10-15-6-8-17(18)9-7-15/h6-9,14,16,19H,10-13H2,1-5H3. The molecule has 0 heterocycles. The largest absolute Gasteiger partial charge is 0.316 e. The van der Waals surface area contributed by atoms with E-state index < -0.39 is 8.07 Å². The predicted molar refractivity (Wildman–Crippen MR) is 97.2 cm³/mol. The Morgan fingerprint density at radius 2 is 1.65 bits per heavy atom. The molecule has 0 aliphatic rings. The van der Waals surface area contributed by atoms with Gasteiger partial charge < -0.3 is 5.32 Å². The first-order valence-electron chi connectivity index (χ1n) is 7.71. The Morgan fingerprint density at radius 1 is 1.05 bits per heavy atom. The summed E-state index contributed by atoms with van der Waals surface area (Å²) in [5.41, 5.74) is 1.46. The van der Waals surface area contributed by atoms with E-state index in [2.05, 4.69) is 79.0 Å². The smallest absolute Gasteiger partial charge is 0.0446 e. The first kappa shape index (κ1) is 17.9. The van der Waals surface area contributed by atoms with Crippen molar-refractivity contribution in [2.24, 2.45) is 11.8 Å². The topological polar surface area (TPSA) is 12.0 Å². The van der Waals surface area contributed by atoms with Gasteiger partial charge in [-0.3, -0.25) is 0 Å². The maximum atomic E-state index is 3.65. The third-order valence-electron chi connectivity index (χ3n) is 3.32. The molecule has 3 heteroatoms. The Hall–Kier alpha value is -0.123. The summed E-state index contributed by atoms with van der Waals surface area (Å²) in [4.78, 5) is 0. The number of halogens is 1. The molecule has 1 nitrogen and oxygen atoms in total. The number of nitrogens with one attached hydrogen (secondary N) is 1. The lowest BCUT2D eigenvalue weighted by Crippen LogP contribution is -2.33. The summed E-state index contributed by atoms with van der Waals surface area (Å²) in [5, 5.41) is 3.65. The van der Waals surface area contributed by atoms with Crippen molar-refractivity contribution in [1.29, 1.82) is 0 Å². The van der Waals surface area contributed by atoms with Crippen LogP contribution in [0.4, 0.5) is 0 Å². The van der Waals surface area contributed by atoms with Crippen LogP contribution in [0.15, 0.2) is 28.7 Å². The number of hydrogen-bond acceptors (Lipinski definition) is 1. The summed E-state index contributed by atoms with van der Waals surface area (Å²) in [6.07, 6.45) is 1.20. The fraction of sp³-hybridized carbons (Fsp3) is 0.647. The van der Waals surface area contributed by atoms with E-state index in [1.807, 2.05) is 0 Å². The van der Waals surface area contributed by atoms with Crippen LogP contribution in [0, 0.1) is 11.8 Å². The number of hydrogen-bond donors (Lipinski definition) is 1. The second kappa shape index (κ2) is 8.35. The highest BCUT2D eigenvalue weighted by molar-refractivity contribution is 9.10. The molecule has 1 rings (SSSR count). The van der Waals surface area contributed by atoms with E-state index in [0.29, 0.717) is 0 Å². The van der Waals surface area contributed by atoms with Crippen LogP contribution < -0.4 is 5.32 Å². The Balaban J connectivity index is 2.59. The molecule has 114 valence electrons. The van der Waals surface area contributed by atoms with Gasteiger partial charge in [-0.15, -0.1) is 0 Å². The van der Waals surface area contributed by atoms with Crippen molar-refractivity contribution in [3.8, 4) is 0 Å². The van der Waals surface area contributed by atoms with Crippen LogP contribution in [-0.4, -0.2) is 21.2 Å². The summed E-state index contributed by atoms with van der Waals surface area (Å²) in [6.45, 7) is 14.3. The third kappa shape index (κ3) is 8.23. The maximum absolute atomic E-state index is 3.65. The van der Waals surface area contributed by atoms with Crippen LogP contribution >= 0.6 is 15.9 Å². The molecule has 1 aromatic rings. The van der Waals surface area contributed by atoms with Gasteiger partial charge >= 0.3 is 0 Å². The molecule has 0 radical (unpaired) electrons. The molecule has 0 aliphatic carbocycles. The highest BCUT2D eigenvalue weighted by atomic mass is 79.9. The molecule has 0 fully saturated rings. The fourth-order valence-electron chi connectivity index (χ4n) is 2.61. The first-order chi connectivity index (χ1) is 9.26. The SMILES string of the molecule is CC(C)CNCC(Cc1ccc(Br)cc1)C[Si](C)(C)C. The molecule has 0 spiro atoms. The van der Waals surface area contributed by atoms with Crippen molar-refractivity contribution in [3.63, 3.8) is 0 Å². The predicted octanol–water partition coefficient (Wildman–Crippen LogP) is 5.19. The first-order valence-corrected chi connectivity index (χ1v) is 12.2. The molecule has 0 aromatic heterocycles. The normalized spacial score (nSPS) is 13.8. The summed E-state index contributed by atoms with van der Waals surface area (Å²) < 4.78 is 1.17. The lowest BCUT2D eigenvalue weighted by atomic mass is 10.0. The van der Waals surface area contributed by atoms with Crippen LogP contribution in [-0.2, 0) is 6.42 Å². The Morgan fingerprint density at radius 3 is 2.15 bits per heavy atom. The fourth-order valence-corrected chi connectivity index (χ4v) is 4.90. The van der Waals surface area contributed by atoms with Gasteiger partial charge in [0.25, 0.3) is 0 Å². The van der Waals surface area contributed by atoms with E-state index in [4.69, 9.17) is 0 Å². The average Bonchev–Trinajstić information content (AvgIpc) is 2.29. The molecule has 1 N–H and O–H groups in total. The van der Waals surface area contributed by atoms with Gasteiger partial charge in [0.1, 0.15) is 0 Å².